The van der Waals surface area contributed by atoms with Gasteiger partial charge in [-0.2, -0.15) is 5.10 Å². The van der Waals surface area contributed by atoms with Gasteiger partial charge in [-0.3, -0.25) is 14.6 Å². The van der Waals surface area contributed by atoms with Crippen LogP contribution in [0.3, 0.4) is 0 Å². The standard InChI is InChI=1S/C17H19N5OS/c1-13-20-14(12-24-13)8-21-9-15-4-6-19-22(15)16(10-21)11-23-17-3-2-5-18-7-17/h2-7,12,16H,8-11H2,1H3. The molecule has 0 saturated heterocycles. The molecule has 3 aromatic rings. The monoisotopic (exact) mass is 341 g/mol. The van der Waals surface area contributed by atoms with E-state index in [4.69, 9.17) is 4.74 Å². The van der Waals surface area contributed by atoms with Gasteiger partial charge >= 0.3 is 0 Å². The summed E-state index contributed by atoms with van der Waals surface area (Å²) in [5, 5.41) is 7.73. The van der Waals surface area contributed by atoms with Gasteiger partial charge in [0.25, 0.3) is 0 Å². The van der Waals surface area contributed by atoms with Gasteiger partial charge < -0.3 is 4.74 Å². The number of ether oxygens (including phenoxy) is 1. The average Bonchev–Trinajstić information content (AvgIpc) is 3.22. The molecule has 1 unspecified atom stereocenters. The maximum atomic E-state index is 5.91. The molecule has 7 heteroatoms. The number of pyridine rings is 1. The van der Waals surface area contributed by atoms with Crippen LogP contribution in [0.25, 0.3) is 0 Å². The second-order valence-electron chi connectivity index (χ2n) is 5.95. The summed E-state index contributed by atoms with van der Waals surface area (Å²) in [6.07, 6.45) is 5.35. The Morgan fingerprint density at radius 3 is 3.08 bits per heavy atom. The first-order valence-corrected chi connectivity index (χ1v) is 8.84. The summed E-state index contributed by atoms with van der Waals surface area (Å²) in [4.78, 5) is 11.1. The van der Waals surface area contributed by atoms with Gasteiger partial charge in [-0.25, -0.2) is 4.98 Å². The van der Waals surface area contributed by atoms with E-state index in [1.807, 2.05) is 25.3 Å². The summed E-state index contributed by atoms with van der Waals surface area (Å²) >= 11 is 1.70. The Kier molecular flexibility index (Phi) is 4.27. The highest BCUT2D eigenvalue weighted by molar-refractivity contribution is 7.09. The van der Waals surface area contributed by atoms with Gasteiger partial charge in [-0.05, 0) is 25.1 Å². The van der Waals surface area contributed by atoms with Gasteiger partial charge in [-0.15, -0.1) is 11.3 Å². The highest BCUT2D eigenvalue weighted by Crippen LogP contribution is 2.23. The number of rotatable bonds is 5. The largest absolute Gasteiger partial charge is 0.490 e. The molecule has 6 nitrogen and oxygen atoms in total. The van der Waals surface area contributed by atoms with Crippen LogP contribution < -0.4 is 4.74 Å². The predicted molar refractivity (Wildman–Crippen MR) is 92.0 cm³/mol. The van der Waals surface area contributed by atoms with E-state index in [1.54, 1.807) is 23.7 Å². The van der Waals surface area contributed by atoms with Crippen LogP contribution >= 0.6 is 11.3 Å². The first-order chi connectivity index (χ1) is 11.8. The lowest BCUT2D eigenvalue weighted by Gasteiger charge is -2.33. The van der Waals surface area contributed by atoms with Crippen LogP contribution in [0, 0.1) is 6.92 Å². The second-order valence-corrected chi connectivity index (χ2v) is 7.01. The first-order valence-electron chi connectivity index (χ1n) is 7.96. The van der Waals surface area contributed by atoms with Gasteiger partial charge in [-0.1, -0.05) is 0 Å². The number of thiazole rings is 1. The van der Waals surface area contributed by atoms with E-state index in [9.17, 15) is 0 Å². The maximum absolute atomic E-state index is 5.91. The number of fused-ring (bicyclic) bond motifs is 1. The van der Waals surface area contributed by atoms with Crippen molar-refractivity contribution in [1.29, 1.82) is 0 Å². The third-order valence-corrected chi connectivity index (χ3v) is 4.90. The summed E-state index contributed by atoms with van der Waals surface area (Å²) < 4.78 is 7.99. The number of hydrogen-bond donors (Lipinski definition) is 0. The van der Waals surface area contributed by atoms with Crippen LogP contribution in [0.15, 0.2) is 42.2 Å². The highest BCUT2D eigenvalue weighted by Gasteiger charge is 2.26. The van der Waals surface area contributed by atoms with Crippen molar-refractivity contribution in [3.8, 4) is 5.75 Å². The lowest BCUT2D eigenvalue weighted by Crippen LogP contribution is -2.39. The lowest BCUT2D eigenvalue weighted by molar-refractivity contribution is 0.126. The molecule has 4 heterocycles. The minimum atomic E-state index is 0.184. The fourth-order valence-electron chi connectivity index (χ4n) is 3.04. The zero-order valence-corrected chi connectivity index (χ0v) is 14.3. The molecule has 0 amide bonds. The van der Waals surface area contributed by atoms with Gasteiger partial charge in [0, 0.05) is 37.4 Å². The molecule has 1 atom stereocenters. The molecule has 0 spiro atoms. The molecule has 0 aromatic carbocycles. The third-order valence-electron chi connectivity index (χ3n) is 4.08. The number of nitrogens with zero attached hydrogens (tertiary/aromatic N) is 5. The minimum absolute atomic E-state index is 0.184. The maximum Gasteiger partial charge on any atom is 0.137 e. The Balaban J connectivity index is 1.46. The highest BCUT2D eigenvalue weighted by atomic mass is 32.1. The zero-order valence-electron chi connectivity index (χ0n) is 13.5. The Hall–Kier alpha value is -2.25. The van der Waals surface area contributed by atoms with Crippen molar-refractivity contribution in [3.05, 3.63) is 58.6 Å². The van der Waals surface area contributed by atoms with Crippen LogP contribution in [0.5, 0.6) is 5.75 Å². The summed E-state index contributed by atoms with van der Waals surface area (Å²) in [5.41, 5.74) is 2.35. The number of aromatic nitrogens is 4. The number of hydrogen-bond acceptors (Lipinski definition) is 6. The van der Waals surface area contributed by atoms with E-state index in [1.165, 1.54) is 5.69 Å². The van der Waals surface area contributed by atoms with Crippen molar-refractivity contribution in [2.24, 2.45) is 0 Å². The Morgan fingerprint density at radius 2 is 2.29 bits per heavy atom. The van der Waals surface area contributed by atoms with Gasteiger partial charge in [0.05, 0.1) is 28.6 Å². The minimum Gasteiger partial charge on any atom is -0.490 e. The van der Waals surface area contributed by atoms with Crippen LogP contribution in [-0.4, -0.2) is 37.8 Å². The van der Waals surface area contributed by atoms with Crippen LogP contribution in [0.2, 0.25) is 0 Å². The average molecular weight is 341 g/mol. The fraction of sp³-hybridized carbons (Fsp3) is 0.353. The zero-order chi connectivity index (χ0) is 16.4. The molecule has 24 heavy (non-hydrogen) atoms. The molecule has 124 valence electrons. The fourth-order valence-corrected chi connectivity index (χ4v) is 3.65. The molecule has 0 N–H and O–H groups in total. The van der Waals surface area contributed by atoms with Crippen molar-refractivity contribution in [1.82, 2.24) is 24.6 Å². The summed E-state index contributed by atoms with van der Waals surface area (Å²) in [5.74, 6) is 0.790. The molecule has 0 bridgehead atoms. The normalized spacial score (nSPS) is 17.6. The molecular weight excluding hydrogens is 322 g/mol. The third kappa shape index (κ3) is 3.32. The van der Waals surface area contributed by atoms with E-state index in [2.05, 4.69) is 36.1 Å². The Bertz CT molecular complexity index is 800. The second kappa shape index (κ2) is 6.70. The Morgan fingerprint density at radius 1 is 1.33 bits per heavy atom. The molecule has 0 radical (unpaired) electrons. The molecular formula is C17H19N5OS. The van der Waals surface area contributed by atoms with Crippen molar-refractivity contribution in [2.45, 2.75) is 26.1 Å². The van der Waals surface area contributed by atoms with E-state index >= 15 is 0 Å². The summed E-state index contributed by atoms with van der Waals surface area (Å²) in [7, 11) is 0. The lowest BCUT2D eigenvalue weighted by atomic mass is 10.2. The topological polar surface area (TPSA) is 56.1 Å². The van der Waals surface area contributed by atoms with Crippen LogP contribution in [-0.2, 0) is 13.1 Å². The SMILES string of the molecule is Cc1nc(CN2Cc3ccnn3C(COc3cccnc3)C2)cs1. The molecule has 4 rings (SSSR count). The molecule has 3 aromatic heterocycles. The van der Waals surface area contributed by atoms with Crippen molar-refractivity contribution < 1.29 is 4.74 Å². The van der Waals surface area contributed by atoms with E-state index in [-0.39, 0.29) is 6.04 Å². The summed E-state index contributed by atoms with van der Waals surface area (Å²) in [6, 6.07) is 6.07. The first kappa shape index (κ1) is 15.3. The Labute approximate surface area is 144 Å². The molecule has 0 aliphatic carbocycles. The van der Waals surface area contributed by atoms with Crippen LogP contribution in [0.1, 0.15) is 22.4 Å². The van der Waals surface area contributed by atoms with E-state index in [0.29, 0.717) is 6.61 Å². The molecule has 0 fully saturated rings. The molecule has 1 aliphatic rings. The van der Waals surface area contributed by atoms with Crippen LogP contribution in [0.4, 0.5) is 0 Å². The predicted octanol–water partition coefficient (Wildman–Crippen LogP) is 2.68. The van der Waals surface area contributed by atoms with Gasteiger partial charge in [0.1, 0.15) is 12.4 Å². The van der Waals surface area contributed by atoms with Crippen molar-refractivity contribution in [3.63, 3.8) is 0 Å². The van der Waals surface area contributed by atoms with Gasteiger partial charge in [0.15, 0.2) is 0 Å². The molecule has 0 saturated carbocycles. The van der Waals surface area contributed by atoms with E-state index in [0.717, 1.165) is 36.1 Å². The van der Waals surface area contributed by atoms with Gasteiger partial charge in [0.2, 0.25) is 0 Å². The number of aryl methyl sites for hydroxylation is 1. The smallest absolute Gasteiger partial charge is 0.137 e. The quantitative estimate of drug-likeness (QED) is 0.714. The summed E-state index contributed by atoms with van der Waals surface area (Å²) in [6.45, 7) is 5.27. The van der Waals surface area contributed by atoms with Crippen molar-refractivity contribution in [2.75, 3.05) is 13.2 Å². The molecule has 1 aliphatic heterocycles. The van der Waals surface area contributed by atoms with Crippen molar-refractivity contribution >= 4 is 11.3 Å². The van der Waals surface area contributed by atoms with E-state index < -0.39 is 0 Å².